The first-order chi connectivity index (χ1) is 13.0. The number of hydrogen-bond donors (Lipinski definition) is 2. The van der Waals surface area contributed by atoms with E-state index in [-0.39, 0.29) is 17.7 Å². The molecular weight excluding hydrogens is 358 g/mol. The van der Waals surface area contributed by atoms with Gasteiger partial charge in [0.15, 0.2) is 0 Å². The summed E-state index contributed by atoms with van der Waals surface area (Å²) in [5.41, 5.74) is 3.30. The predicted molar refractivity (Wildman–Crippen MR) is 112 cm³/mol. The molecule has 1 aliphatic carbocycles. The van der Waals surface area contributed by atoms with E-state index in [1.54, 1.807) is 0 Å². The molecule has 0 spiro atoms. The van der Waals surface area contributed by atoms with Crippen LogP contribution in [0.5, 0.6) is 0 Å². The lowest BCUT2D eigenvalue weighted by Gasteiger charge is -2.23. The van der Waals surface area contributed by atoms with E-state index in [9.17, 15) is 9.59 Å². The molecule has 0 atom stereocenters. The molecule has 2 aromatic rings. The van der Waals surface area contributed by atoms with E-state index < -0.39 is 0 Å². The van der Waals surface area contributed by atoms with Crippen LogP contribution in [-0.2, 0) is 4.79 Å². The Morgan fingerprint density at radius 2 is 2.00 bits per heavy atom. The fourth-order valence-electron chi connectivity index (χ4n) is 3.02. The molecule has 0 unspecified atom stereocenters. The molecule has 2 amide bonds. The quantitative estimate of drug-likeness (QED) is 0.723. The van der Waals surface area contributed by atoms with Crippen molar-refractivity contribution in [1.29, 1.82) is 0 Å². The summed E-state index contributed by atoms with van der Waals surface area (Å²) in [7, 11) is 0. The summed E-state index contributed by atoms with van der Waals surface area (Å²) in [5, 5.41) is 6.68. The Morgan fingerprint density at radius 3 is 2.67 bits per heavy atom. The second-order valence-corrected chi connectivity index (χ2v) is 8.11. The number of aryl methyl sites for hydroxylation is 2. The summed E-state index contributed by atoms with van der Waals surface area (Å²) < 4.78 is 0. The van der Waals surface area contributed by atoms with Crippen molar-refractivity contribution in [1.82, 2.24) is 5.32 Å². The van der Waals surface area contributed by atoms with E-state index in [1.807, 2.05) is 13.0 Å². The van der Waals surface area contributed by atoms with Crippen LogP contribution in [0.4, 0.5) is 10.7 Å². The number of anilines is 2. The molecule has 0 radical (unpaired) electrons. The number of rotatable bonds is 8. The van der Waals surface area contributed by atoms with Gasteiger partial charge in [0.25, 0.3) is 5.91 Å². The fourth-order valence-corrected chi connectivity index (χ4v) is 4.01. The minimum atomic E-state index is -0.0790. The standard InChI is InChI=1S/C21H27N3O2S/c1-4-24(17-7-5-6-14(2)12-17)11-10-22-21(26)19-15(3)13-18(27-19)23-20(25)16-8-9-16/h5-7,12-13,16H,4,8-11H2,1-3H3,(H,22,26)(H,23,25). The zero-order chi connectivity index (χ0) is 19.4. The summed E-state index contributed by atoms with van der Waals surface area (Å²) in [4.78, 5) is 27.3. The molecule has 1 aromatic heterocycles. The highest BCUT2D eigenvalue weighted by Crippen LogP contribution is 2.32. The van der Waals surface area contributed by atoms with Gasteiger partial charge in [-0.05, 0) is 62.9 Å². The van der Waals surface area contributed by atoms with Crippen LogP contribution in [0.1, 0.15) is 40.6 Å². The van der Waals surface area contributed by atoms with Gasteiger partial charge in [-0.2, -0.15) is 0 Å². The summed E-state index contributed by atoms with van der Waals surface area (Å²) in [6, 6.07) is 10.3. The molecule has 144 valence electrons. The van der Waals surface area contributed by atoms with Crippen LogP contribution in [0.15, 0.2) is 30.3 Å². The van der Waals surface area contributed by atoms with Crippen LogP contribution >= 0.6 is 11.3 Å². The van der Waals surface area contributed by atoms with Crippen LogP contribution in [0, 0.1) is 19.8 Å². The van der Waals surface area contributed by atoms with Gasteiger partial charge in [0.05, 0.1) is 9.88 Å². The normalized spacial score (nSPS) is 13.3. The van der Waals surface area contributed by atoms with Crippen molar-refractivity contribution in [3.05, 3.63) is 46.3 Å². The highest BCUT2D eigenvalue weighted by Gasteiger charge is 2.30. The Morgan fingerprint density at radius 1 is 1.22 bits per heavy atom. The highest BCUT2D eigenvalue weighted by atomic mass is 32.1. The molecule has 5 nitrogen and oxygen atoms in total. The fraction of sp³-hybridized carbons (Fsp3) is 0.429. The summed E-state index contributed by atoms with van der Waals surface area (Å²) >= 11 is 1.35. The number of likely N-dealkylation sites (N-methyl/N-ethyl adjacent to an activating group) is 1. The summed E-state index contributed by atoms with van der Waals surface area (Å²) in [5.74, 6) is 0.149. The van der Waals surface area contributed by atoms with E-state index in [0.717, 1.165) is 36.5 Å². The van der Waals surface area contributed by atoms with E-state index in [0.29, 0.717) is 11.4 Å². The Bertz CT molecular complexity index is 827. The average molecular weight is 386 g/mol. The maximum atomic E-state index is 12.5. The summed E-state index contributed by atoms with van der Waals surface area (Å²) in [6.07, 6.45) is 1.94. The molecule has 1 aromatic carbocycles. The average Bonchev–Trinajstić information content (AvgIpc) is 3.42. The number of nitrogens with one attached hydrogen (secondary N) is 2. The lowest BCUT2D eigenvalue weighted by atomic mass is 10.2. The number of amides is 2. The SMILES string of the molecule is CCN(CCNC(=O)c1sc(NC(=O)C2CC2)cc1C)c1cccc(C)c1. The lowest BCUT2D eigenvalue weighted by Crippen LogP contribution is -2.34. The van der Waals surface area contributed by atoms with Gasteiger partial charge in [-0.25, -0.2) is 0 Å². The number of hydrogen-bond acceptors (Lipinski definition) is 4. The molecule has 6 heteroatoms. The van der Waals surface area contributed by atoms with Gasteiger partial charge in [0, 0.05) is 31.2 Å². The van der Waals surface area contributed by atoms with E-state index in [2.05, 4.69) is 53.6 Å². The second-order valence-electron chi connectivity index (χ2n) is 7.06. The number of carbonyl (C=O) groups excluding carboxylic acids is 2. The largest absolute Gasteiger partial charge is 0.370 e. The smallest absolute Gasteiger partial charge is 0.261 e. The van der Waals surface area contributed by atoms with Crippen molar-refractivity contribution >= 4 is 33.8 Å². The third-order valence-corrected chi connectivity index (χ3v) is 5.89. The number of nitrogens with zero attached hydrogens (tertiary/aromatic N) is 1. The molecule has 1 fully saturated rings. The molecule has 0 aliphatic heterocycles. The van der Waals surface area contributed by atoms with Crippen LogP contribution in [-0.4, -0.2) is 31.4 Å². The van der Waals surface area contributed by atoms with Crippen LogP contribution in [0.2, 0.25) is 0 Å². The van der Waals surface area contributed by atoms with Crippen LogP contribution in [0.3, 0.4) is 0 Å². The zero-order valence-corrected chi connectivity index (χ0v) is 17.0. The third kappa shape index (κ3) is 5.10. The van der Waals surface area contributed by atoms with Gasteiger partial charge >= 0.3 is 0 Å². The summed E-state index contributed by atoms with van der Waals surface area (Å²) in [6.45, 7) is 8.31. The van der Waals surface area contributed by atoms with Crippen LogP contribution in [0.25, 0.3) is 0 Å². The minimum Gasteiger partial charge on any atom is -0.370 e. The maximum Gasteiger partial charge on any atom is 0.261 e. The number of benzene rings is 1. The van der Waals surface area contributed by atoms with E-state index in [1.165, 1.54) is 22.6 Å². The first kappa shape index (κ1) is 19.4. The molecular formula is C21H27N3O2S. The van der Waals surface area contributed by atoms with Crippen molar-refractivity contribution in [2.24, 2.45) is 5.92 Å². The van der Waals surface area contributed by atoms with Crippen molar-refractivity contribution in [3.63, 3.8) is 0 Å². The monoisotopic (exact) mass is 385 g/mol. The van der Waals surface area contributed by atoms with E-state index in [4.69, 9.17) is 0 Å². The Balaban J connectivity index is 1.54. The minimum absolute atomic E-state index is 0.0694. The van der Waals surface area contributed by atoms with Crippen molar-refractivity contribution < 1.29 is 9.59 Å². The molecule has 1 saturated carbocycles. The molecule has 1 aliphatic rings. The Labute approximate surface area is 164 Å². The third-order valence-electron chi connectivity index (χ3n) is 4.73. The van der Waals surface area contributed by atoms with Gasteiger partial charge in [-0.1, -0.05) is 12.1 Å². The molecule has 0 saturated heterocycles. The van der Waals surface area contributed by atoms with Gasteiger partial charge < -0.3 is 15.5 Å². The second kappa shape index (κ2) is 8.57. The lowest BCUT2D eigenvalue weighted by molar-refractivity contribution is -0.117. The van der Waals surface area contributed by atoms with Gasteiger partial charge in [-0.15, -0.1) is 11.3 Å². The van der Waals surface area contributed by atoms with Crippen molar-refractivity contribution in [2.45, 2.75) is 33.6 Å². The topological polar surface area (TPSA) is 61.4 Å². The Hall–Kier alpha value is -2.34. The Kier molecular flexibility index (Phi) is 6.16. The predicted octanol–water partition coefficient (Wildman–Crippen LogP) is 3.97. The van der Waals surface area contributed by atoms with Gasteiger partial charge in [0.1, 0.15) is 0 Å². The van der Waals surface area contributed by atoms with Gasteiger partial charge in [0.2, 0.25) is 5.91 Å². The van der Waals surface area contributed by atoms with Crippen molar-refractivity contribution in [2.75, 3.05) is 29.9 Å². The highest BCUT2D eigenvalue weighted by molar-refractivity contribution is 7.18. The van der Waals surface area contributed by atoms with Crippen LogP contribution < -0.4 is 15.5 Å². The molecule has 1 heterocycles. The van der Waals surface area contributed by atoms with Gasteiger partial charge in [-0.3, -0.25) is 9.59 Å². The molecule has 0 bridgehead atoms. The molecule has 2 N–H and O–H groups in total. The first-order valence-electron chi connectivity index (χ1n) is 9.49. The zero-order valence-electron chi connectivity index (χ0n) is 16.2. The maximum absolute atomic E-state index is 12.5. The number of carbonyl (C=O) groups is 2. The van der Waals surface area contributed by atoms with Crippen molar-refractivity contribution in [3.8, 4) is 0 Å². The first-order valence-corrected chi connectivity index (χ1v) is 10.3. The molecule has 27 heavy (non-hydrogen) atoms. The van der Waals surface area contributed by atoms with E-state index >= 15 is 0 Å². The molecule has 3 rings (SSSR count). The number of thiophene rings is 1.